The van der Waals surface area contributed by atoms with E-state index in [1.165, 1.54) is 23.1 Å². The van der Waals surface area contributed by atoms with E-state index in [0.29, 0.717) is 20.6 Å². The molecule has 0 heterocycles. The maximum Gasteiger partial charge on any atom is 0.244 e. The zero-order valence-electron chi connectivity index (χ0n) is 19.6. The molecule has 7 nitrogen and oxygen atoms in total. The second-order valence-corrected chi connectivity index (χ2v) is 12.1. The first-order valence-electron chi connectivity index (χ1n) is 10.4. The van der Waals surface area contributed by atoms with E-state index in [-0.39, 0.29) is 18.1 Å². The number of hydrogen-bond donors (Lipinski definition) is 1. The monoisotopic (exact) mass is 547 g/mol. The summed E-state index contributed by atoms with van der Waals surface area (Å²) in [7, 11) is -3.84. The number of anilines is 1. The highest BCUT2D eigenvalue weighted by atomic mass is 35.5. The van der Waals surface area contributed by atoms with Crippen molar-refractivity contribution < 1.29 is 18.0 Å². The summed E-state index contributed by atoms with van der Waals surface area (Å²) in [5, 5.41) is 3.92. The van der Waals surface area contributed by atoms with Gasteiger partial charge in [-0.25, -0.2) is 8.42 Å². The van der Waals surface area contributed by atoms with Gasteiger partial charge in [-0.3, -0.25) is 13.9 Å². The number of hydrogen-bond acceptors (Lipinski definition) is 4. The molecule has 0 fully saturated rings. The Balaban J connectivity index is 2.44. The fourth-order valence-electron chi connectivity index (χ4n) is 3.14. The first kappa shape index (κ1) is 28.2. The lowest BCUT2D eigenvalue weighted by Gasteiger charge is -2.33. The fraction of sp³-hybridized carbons (Fsp3) is 0.391. The summed E-state index contributed by atoms with van der Waals surface area (Å²) in [4.78, 5) is 27.7. The molecule has 0 aliphatic carbocycles. The molecule has 11 heteroatoms. The van der Waals surface area contributed by atoms with Crippen molar-refractivity contribution in [2.75, 3.05) is 17.1 Å². The molecule has 0 radical (unpaired) electrons. The molecule has 0 aliphatic heterocycles. The minimum Gasteiger partial charge on any atom is -0.350 e. The first-order chi connectivity index (χ1) is 15.6. The van der Waals surface area contributed by atoms with E-state index >= 15 is 0 Å². The Morgan fingerprint density at radius 1 is 1.03 bits per heavy atom. The van der Waals surface area contributed by atoms with Gasteiger partial charge in [0.05, 0.1) is 11.9 Å². The van der Waals surface area contributed by atoms with Crippen molar-refractivity contribution in [1.29, 1.82) is 0 Å². The molecule has 0 saturated carbocycles. The highest BCUT2D eigenvalue weighted by Gasteiger charge is 2.31. The topological polar surface area (TPSA) is 86.8 Å². The van der Waals surface area contributed by atoms with Crippen molar-refractivity contribution in [2.24, 2.45) is 0 Å². The highest BCUT2D eigenvalue weighted by molar-refractivity contribution is 7.92. The van der Waals surface area contributed by atoms with Gasteiger partial charge in [0.25, 0.3) is 0 Å². The molecule has 0 bridgehead atoms. The van der Waals surface area contributed by atoms with Gasteiger partial charge in [0.1, 0.15) is 12.6 Å². The third-order valence-electron chi connectivity index (χ3n) is 4.80. The fourth-order valence-corrected chi connectivity index (χ4v) is 4.63. The molecular weight excluding hydrogens is 521 g/mol. The van der Waals surface area contributed by atoms with Crippen LogP contribution in [-0.4, -0.2) is 49.5 Å². The average Bonchev–Trinajstić information content (AvgIpc) is 2.68. The van der Waals surface area contributed by atoms with Crippen molar-refractivity contribution in [3.63, 3.8) is 0 Å². The maximum atomic E-state index is 13.5. The smallest absolute Gasteiger partial charge is 0.244 e. The van der Waals surface area contributed by atoms with Gasteiger partial charge in [0.15, 0.2) is 0 Å². The largest absolute Gasteiger partial charge is 0.350 e. The van der Waals surface area contributed by atoms with E-state index in [2.05, 4.69) is 5.32 Å². The summed E-state index contributed by atoms with van der Waals surface area (Å²) in [6.45, 7) is 6.49. The molecule has 0 aliphatic rings. The zero-order chi connectivity index (χ0) is 25.8. The van der Waals surface area contributed by atoms with Crippen LogP contribution in [0.4, 0.5) is 5.69 Å². The van der Waals surface area contributed by atoms with Crippen molar-refractivity contribution in [2.45, 2.75) is 45.8 Å². The summed E-state index contributed by atoms with van der Waals surface area (Å²) in [5.41, 5.74) is 0.264. The van der Waals surface area contributed by atoms with Crippen molar-refractivity contribution >= 4 is 62.3 Å². The van der Waals surface area contributed by atoms with Crippen molar-refractivity contribution in [1.82, 2.24) is 10.2 Å². The molecule has 2 aromatic rings. The zero-order valence-corrected chi connectivity index (χ0v) is 22.7. The standard InChI is InChI=1S/C23H28Cl3N3O4S/c1-15(22(31)27-23(2,3)4)28(13-16-9-10-18(25)12-20(16)26)21(30)14-29(34(5,32)33)19-8-6-7-17(24)11-19/h6-12,15H,13-14H2,1-5H3,(H,27,31). The molecule has 186 valence electrons. The molecule has 0 aromatic heterocycles. The summed E-state index contributed by atoms with van der Waals surface area (Å²) in [6, 6.07) is 10.1. The summed E-state index contributed by atoms with van der Waals surface area (Å²) >= 11 is 18.3. The van der Waals surface area contributed by atoms with Crippen LogP contribution in [-0.2, 0) is 26.2 Å². The minimum absolute atomic E-state index is 0.0271. The normalized spacial score (nSPS) is 12.7. The van der Waals surface area contributed by atoms with Gasteiger partial charge >= 0.3 is 0 Å². The molecular formula is C23H28Cl3N3O4S. The molecule has 1 unspecified atom stereocenters. The summed E-state index contributed by atoms with van der Waals surface area (Å²) in [5.74, 6) is -0.979. The van der Waals surface area contributed by atoms with E-state index < -0.39 is 34.1 Å². The van der Waals surface area contributed by atoms with Crippen LogP contribution in [0.3, 0.4) is 0 Å². The van der Waals surface area contributed by atoms with Crippen LogP contribution in [0.25, 0.3) is 0 Å². The number of nitrogens with one attached hydrogen (secondary N) is 1. The highest BCUT2D eigenvalue weighted by Crippen LogP contribution is 2.25. The maximum absolute atomic E-state index is 13.5. The van der Waals surface area contributed by atoms with Gasteiger partial charge < -0.3 is 10.2 Å². The number of sulfonamides is 1. The van der Waals surface area contributed by atoms with Crippen molar-refractivity contribution in [3.05, 3.63) is 63.1 Å². The Morgan fingerprint density at radius 3 is 2.18 bits per heavy atom. The lowest BCUT2D eigenvalue weighted by atomic mass is 10.1. The third kappa shape index (κ3) is 8.05. The van der Waals surface area contributed by atoms with Crippen molar-refractivity contribution in [3.8, 4) is 0 Å². The van der Waals surface area contributed by atoms with Gasteiger partial charge in [-0.05, 0) is 63.6 Å². The van der Waals surface area contributed by atoms with E-state index in [4.69, 9.17) is 34.8 Å². The number of carbonyl (C=O) groups is 2. The molecule has 0 spiro atoms. The van der Waals surface area contributed by atoms with E-state index in [1.54, 1.807) is 31.2 Å². The van der Waals surface area contributed by atoms with Crippen LogP contribution in [0.15, 0.2) is 42.5 Å². The lowest BCUT2D eigenvalue weighted by Crippen LogP contribution is -2.54. The second kappa shape index (κ2) is 11.2. The number of rotatable bonds is 8. The van der Waals surface area contributed by atoms with Gasteiger partial charge in [-0.15, -0.1) is 0 Å². The van der Waals surface area contributed by atoms with E-state index in [1.807, 2.05) is 20.8 Å². The number of amides is 2. The van der Waals surface area contributed by atoms with E-state index in [0.717, 1.165) is 10.6 Å². The summed E-state index contributed by atoms with van der Waals surface area (Å²) in [6.07, 6.45) is 0.997. The Labute approximate surface area is 216 Å². The predicted octanol–water partition coefficient (Wildman–Crippen LogP) is 4.74. The first-order valence-corrected chi connectivity index (χ1v) is 13.4. The molecule has 0 saturated heterocycles. The minimum atomic E-state index is -3.84. The average molecular weight is 549 g/mol. The number of carbonyl (C=O) groups excluding carboxylic acids is 2. The summed E-state index contributed by atoms with van der Waals surface area (Å²) < 4.78 is 26.0. The van der Waals surface area contributed by atoms with Crippen LogP contribution in [0, 0.1) is 0 Å². The molecule has 2 aromatic carbocycles. The Kier molecular flexibility index (Phi) is 9.27. The van der Waals surface area contributed by atoms with Gasteiger partial charge in [-0.2, -0.15) is 0 Å². The number of nitrogens with zero attached hydrogens (tertiary/aromatic N) is 2. The predicted molar refractivity (Wildman–Crippen MR) is 138 cm³/mol. The third-order valence-corrected chi connectivity index (χ3v) is 6.76. The second-order valence-electron chi connectivity index (χ2n) is 8.92. The van der Waals surface area contributed by atoms with Crippen LogP contribution < -0.4 is 9.62 Å². The number of halogens is 3. The quantitative estimate of drug-likeness (QED) is 0.516. The lowest BCUT2D eigenvalue weighted by molar-refractivity contribution is -0.140. The Hall–Kier alpha value is -2.00. The molecule has 34 heavy (non-hydrogen) atoms. The molecule has 1 N–H and O–H groups in total. The van der Waals surface area contributed by atoms with E-state index in [9.17, 15) is 18.0 Å². The Morgan fingerprint density at radius 2 is 1.65 bits per heavy atom. The van der Waals surface area contributed by atoms with Gasteiger partial charge in [0, 0.05) is 27.2 Å². The van der Waals surface area contributed by atoms with Crippen LogP contribution >= 0.6 is 34.8 Å². The Bertz CT molecular complexity index is 1170. The number of benzene rings is 2. The van der Waals surface area contributed by atoms with Crippen LogP contribution in [0.1, 0.15) is 33.3 Å². The molecule has 2 amide bonds. The van der Waals surface area contributed by atoms with Gasteiger partial charge in [-0.1, -0.05) is 46.9 Å². The molecule has 2 rings (SSSR count). The SMILES string of the molecule is CC(C(=O)NC(C)(C)C)N(Cc1ccc(Cl)cc1Cl)C(=O)CN(c1cccc(Cl)c1)S(C)(=O)=O. The van der Waals surface area contributed by atoms with Gasteiger partial charge in [0.2, 0.25) is 21.8 Å². The molecule has 1 atom stereocenters. The van der Waals surface area contributed by atoms with Crippen LogP contribution in [0.5, 0.6) is 0 Å². The van der Waals surface area contributed by atoms with Crippen LogP contribution in [0.2, 0.25) is 15.1 Å².